The van der Waals surface area contributed by atoms with Crippen LogP contribution in [0.5, 0.6) is 0 Å². The number of aliphatic carboxylic acids is 1. The van der Waals surface area contributed by atoms with E-state index in [2.05, 4.69) is 54.8 Å². The van der Waals surface area contributed by atoms with Gasteiger partial charge in [-0.2, -0.15) is 0 Å². The SMILES string of the molecule is CCCCC/C=C/C/C=C/C/C=C/CCCCCCC(=O)O[C@@H](COC(=O)CCCCCCCCCCC)COP(=O)(O)OC[C@H](N)C(=O)O. The third kappa shape index (κ3) is 32.9. The Morgan fingerprint density at radius 1 is 0.620 bits per heavy atom. The van der Waals surface area contributed by atoms with Gasteiger partial charge in [-0.1, -0.05) is 127 Å². The standard InChI is InChI=1S/C38H68NO10P/c1-3-5-7-9-11-13-14-15-16-17-18-19-20-22-24-26-28-30-37(41)49-34(32-47-50(44,45)48-33-35(39)38(42)43)31-46-36(40)29-27-25-23-21-12-10-8-6-4-2/h11,13,15-16,18-19,34-35H,3-10,12,14,17,20-33,39H2,1-2H3,(H,42,43)(H,44,45)/b13-11+,16-15+,19-18+/t34-,35-/m0/s1. The number of carboxylic acid groups (broad SMARTS) is 1. The molecule has 12 heteroatoms. The predicted molar refractivity (Wildman–Crippen MR) is 199 cm³/mol. The molecule has 0 aliphatic heterocycles. The van der Waals surface area contributed by atoms with Gasteiger partial charge in [-0.25, -0.2) is 4.57 Å². The van der Waals surface area contributed by atoms with Crippen LogP contribution in [0.4, 0.5) is 0 Å². The van der Waals surface area contributed by atoms with Gasteiger partial charge in [0.25, 0.3) is 0 Å². The minimum absolute atomic E-state index is 0.136. The van der Waals surface area contributed by atoms with Crippen LogP contribution in [0, 0.1) is 0 Å². The summed E-state index contributed by atoms with van der Waals surface area (Å²) in [4.78, 5) is 45.6. The number of carbonyl (C=O) groups excluding carboxylic acids is 2. The Balaban J connectivity index is 4.47. The molecule has 0 saturated heterocycles. The van der Waals surface area contributed by atoms with Crippen LogP contribution in [0.1, 0.15) is 155 Å². The van der Waals surface area contributed by atoms with Crippen molar-refractivity contribution in [3.8, 4) is 0 Å². The topological polar surface area (TPSA) is 172 Å². The molecule has 50 heavy (non-hydrogen) atoms. The molecule has 4 N–H and O–H groups in total. The van der Waals surface area contributed by atoms with Gasteiger partial charge in [0.1, 0.15) is 12.6 Å². The molecule has 0 bridgehead atoms. The summed E-state index contributed by atoms with van der Waals surface area (Å²) >= 11 is 0. The van der Waals surface area contributed by atoms with E-state index in [1.165, 1.54) is 51.4 Å². The number of phosphoric ester groups is 1. The summed E-state index contributed by atoms with van der Waals surface area (Å²) in [6.45, 7) is 2.70. The molecular formula is C38H68NO10P. The van der Waals surface area contributed by atoms with Gasteiger partial charge in [0.15, 0.2) is 6.10 Å². The number of allylic oxidation sites excluding steroid dienone is 6. The Morgan fingerprint density at radius 3 is 1.62 bits per heavy atom. The Morgan fingerprint density at radius 2 is 1.06 bits per heavy atom. The van der Waals surface area contributed by atoms with Crippen molar-refractivity contribution in [2.24, 2.45) is 5.73 Å². The zero-order valence-electron chi connectivity index (χ0n) is 31.0. The number of esters is 2. The maximum atomic E-state index is 12.5. The minimum atomic E-state index is -4.71. The van der Waals surface area contributed by atoms with E-state index in [1.807, 2.05) is 0 Å². The van der Waals surface area contributed by atoms with Crippen LogP contribution >= 0.6 is 7.82 Å². The molecule has 0 aliphatic rings. The van der Waals surface area contributed by atoms with Crippen molar-refractivity contribution in [1.29, 1.82) is 0 Å². The van der Waals surface area contributed by atoms with Crippen molar-refractivity contribution in [2.45, 2.75) is 167 Å². The number of phosphoric acid groups is 1. The van der Waals surface area contributed by atoms with Crippen molar-refractivity contribution >= 4 is 25.7 Å². The lowest BCUT2D eigenvalue weighted by Crippen LogP contribution is -2.34. The summed E-state index contributed by atoms with van der Waals surface area (Å²) in [7, 11) is -4.71. The quantitative estimate of drug-likeness (QED) is 0.0246. The Bertz CT molecular complexity index is 1000. The highest BCUT2D eigenvalue weighted by molar-refractivity contribution is 7.47. The van der Waals surface area contributed by atoms with Gasteiger partial charge in [0.05, 0.1) is 13.2 Å². The average Bonchev–Trinajstić information content (AvgIpc) is 3.09. The van der Waals surface area contributed by atoms with Gasteiger partial charge in [-0.15, -0.1) is 0 Å². The molecule has 0 saturated carbocycles. The molecule has 11 nitrogen and oxygen atoms in total. The van der Waals surface area contributed by atoms with Crippen LogP contribution in [0.25, 0.3) is 0 Å². The molecule has 1 unspecified atom stereocenters. The fraction of sp³-hybridized carbons (Fsp3) is 0.763. The summed E-state index contributed by atoms with van der Waals surface area (Å²) in [5.41, 5.74) is 5.31. The van der Waals surface area contributed by atoms with E-state index in [1.54, 1.807) is 0 Å². The van der Waals surface area contributed by atoms with Crippen LogP contribution < -0.4 is 5.73 Å². The van der Waals surface area contributed by atoms with Crippen LogP contribution in [0.15, 0.2) is 36.5 Å². The molecule has 0 rings (SSSR count). The molecule has 0 aliphatic carbocycles. The molecule has 0 radical (unpaired) electrons. The number of rotatable bonds is 35. The first-order valence-electron chi connectivity index (χ1n) is 19.0. The van der Waals surface area contributed by atoms with Crippen molar-refractivity contribution in [3.05, 3.63) is 36.5 Å². The zero-order chi connectivity index (χ0) is 37.1. The molecule has 0 aromatic carbocycles. The summed E-state index contributed by atoms with van der Waals surface area (Å²) in [5.74, 6) is -2.41. The van der Waals surface area contributed by atoms with E-state index in [4.69, 9.17) is 24.8 Å². The molecule has 0 aromatic rings. The van der Waals surface area contributed by atoms with Crippen LogP contribution in [-0.2, 0) is 37.5 Å². The summed E-state index contributed by atoms with van der Waals surface area (Å²) in [5, 5.41) is 8.85. The molecule has 0 fully saturated rings. The maximum absolute atomic E-state index is 12.5. The Kier molecular flexibility index (Phi) is 32.3. The number of carbonyl (C=O) groups is 3. The zero-order valence-corrected chi connectivity index (χ0v) is 31.9. The highest BCUT2D eigenvalue weighted by atomic mass is 31.2. The van der Waals surface area contributed by atoms with E-state index in [0.29, 0.717) is 12.8 Å². The van der Waals surface area contributed by atoms with Crippen molar-refractivity contribution < 1.29 is 47.5 Å². The molecule has 0 aromatic heterocycles. The second kappa shape index (κ2) is 33.8. The number of carboxylic acids is 1. The number of hydrogen-bond donors (Lipinski definition) is 3. The number of hydrogen-bond acceptors (Lipinski definition) is 9. The summed E-state index contributed by atoms with van der Waals surface area (Å²) in [6, 6.07) is -1.52. The number of unbranched alkanes of at least 4 members (excludes halogenated alkanes) is 15. The molecule has 3 atom stereocenters. The summed E-state index contributed by atoms with van der Waals surface area (Å²) in [6.07, 6.45) is 33.6. The molecule has 290 valence electrons. The highest BCUT2D eigenvalue weighted by Gasteiger charge is 2.28. The fourth-order valence-electron chi connectivity index (χ4n) is 4.83. The van der Waals surface area contributed by atoms with Gasteiger partial charge in [-0.05, 0) is 51.4 Å². The van der Waals surface area contributed by atoms with Gasteiger partial charge < -0.3 is 25.2 Å². The third-order valence-corrected chi connectivity index (χ3v) is 8.84. The maximum Gasteiger partial charge on any atom is 0.472 e. The lowest BCUT2D eigenvalue weighted by molar-refractivity contribution is -0.161. The summed E-state index contributed by atoms with van der Waals surface area (Å²) < 4.78 is 32.5. The van der Waals surface area contributed by atoms with E-state index in [9.17, 15) is 23.8 Å². The van der Waals surface area contributed by atoms with E-state index in [0.717, 1.165) is 64.2 Å². The van der Waals surface area contributed by atoms with E-state index in [-0.39, 0.29) is 19.4 Å². The largest absolute Gasteiger partial charge is 0.480 e. The third-order valence-electron chi connectivity index (χ3n) is 7.89. The second-order valence-electron chi connectivity index (χ2n) is 12.7. The molecule has 0 heterocycles. The monoisotopic (exact) mass is 729 g/mol. The fourth-order valence-corrected chi connectivity index (χ4v) is 5.61. The van der Waals surface area contributed by atoms with Crippen LogP contribution in [0.3, 0.4) is 0 Å². The molecule has 0 spiro atoms. The molecular weight excluding hydrogens is 661 g/mol. The lowest BCUT2D eigenvalue weighted by atomic mass is 10.1. The van der Waals surface area contributed by atoms with Gasteiger partial charge >= 0.3 is 25.7 Å². The van der Waals surface area contributed by atoms with Crippen LogP contribution in [0.2, 0.25) is 0 Å². The predicted octanol–water partition coefficient (Wildman–Crippen LogP) is 9.28. The first-order valence-corrected chi connectivity index (χ1v) is 20.5. The normalized spacial score (nSPS) is 14.3. The van der Waals surface area contributed by atoms with Crippen molar-refractivity contribution in [3.63, 3.8) is 0 Å². The van der Waals surface area contributed by atoms with Crippen molar-refractivity contribution in [1.82, 2.24) is 0 Å². The first-order chi connectivity index (χ1) is 24.1. The van der Waals surface area contributed by atoms with Gasteiger partial charge in [0, 0.05) is 12.8 Å². The van der Waals surface area contributed by atoms with Crippen molar-refractivity contribution in [2.75, 3.05) is 19.8 Å². The average molecular weight is 730 g/mol. The van der Waals surface area contributed by atoms with Crippen LogP contribution in [-0.4, -0.2) is 59.9 Å². The van der Waals surface area contributed by atoms with E-state index >= 15 is 0 Å². The lowest BCUT2D eigenvalue weighted by Gasteiger charge is -2.20. The Labute approximate surface area is 302 Å². The number of ether oxygens (including phenoxy) is 2. The number of nitrogens with two attached hydrogens (primary N) is 1. The van der Waals surface area contributed by atoms with Gasteiger partial charge in [-0.3, -0.25) is 23.4 Å². The second-order valence-corrected chi connectivity index (χ2v) is 14.2. The highest BCUT2D eigenvalue weighted by Crippen LogP contribution is 2.43. The smallest absolute Gasteiger partial charge is 0.472 e. The molecule has 0 amide bonds. The first kappa shape index (κ1) is 47.7. The Hall–Kier alpha value is -2.30. The minimum Gasteiger partial charge on any atom is -0.480 e. The van der Waals surface area contributed by atoms with E-state index < -0.39 is 51.1 Å². The van der Waals surface area contributed by atoms with Gasteiger partial charge in [0.2, 0.25) is 0 Å².